The lowest BCUT2D eigenvalue weighted by Gasteiger charge is -2.17. The molecule has 2 rings (SSSR count). The van der Waals surface area contributed by atoms with Gasteiger partial charge >= 0.3 is 0 Å². The van der Waals surface area contributed by atoms with E-state index in [0.717, 1.165) is 11.3 Å². The van der Waals surface area contributed by atoms with Gasteiger partial charge in [0.1, 0.15) is 4.21 Å². The van der Waals surface area contributed by atoms with Crippen LogP contribution in [0.4, 0.5) is 5.69 Å². The minimum absolute atomic E-state index is 0.186. The molecule has 0 aliphatic heterocycles. The standard InChI is InChI=1S/C14H17ClN2O2S2/c1-3-12-5-7-14(20-12)21(18,19)17(2)9-10-8-11(16)4-6-13(10)15/h4-8H,3,9,16H2,1-2H3. The highest BCUT2D eigenvalue weighted by molar-refractivity contribution is 7.91. The summed E-state index contributed by atoms with van der Waals surface area (Å²) in [6, 6.07) is 8.55. The summed E-state index contributed by atoms with van der Waals surface area (Å²) in [6.07, 6.45) is 0.824. The molecule has 0 fully saturated rings. The second-order valence-electron chi connectivity index (χ2n) is 4.69. The molecule has 0 aliphatic rings. The molecule has 0 saturated heterocycles. The highest BCUT2D eigenvalue weighted by Gasteiger charge is 2.23. The lowest BCUT2D eigenvalue weighted by Crippen LogP contribution is -2.26. The molecule has 0 aliphatic carbocycles. The van der Waals surface area contributed by atoms with Gasteiger partial charge in [-0.25, -0.2) is 8.42 Å². The molecule has 0 unspecified atom stereocenters. The molecule has 1 heterocycles. The van der Waals surface area contributed by atoms with Crippen LogP contribution in [0.1, 0.15) is 17.4 Å². The molecule has 0 atom stereocenters. The third kappa shape index (κ3) is 3.58. The minimum atomic E-state index is -3.50. The van der Waals surface area contributed by atoms with Crippen LogP contribution < -0.4 is 5.73 Å². The zero-order valence-electron chi connectivity index (χ0n) is 11.8. The Morgan fingerprint density at radius 3 is 2.62 bits per heavy atom. The van der Waals surface area contributed by atoms with Gasteiger partial charge in [0.2, 0.25) is 0 Å². The van der Waals surface area contributed by atoms with Gasteiger partial charge in [-0.2, -0.15) is 4.31 Å². The topological polar surface area (TPSA) is 63.4 Å². The Bertz CT molecular complexity index is 741. The summed E-state index contributed by atoms with van der Waals surface area (Å²) >= 11 is 7.39. The van der Waals surface area contributed by atoms with Crippen LogP contribution in [0.25, 0.3) is 0 Å². The van der Waals surface area contributed by atoms with Gasteiger partial charge in [-0.3, -0.25) is 0 Å². The van der Waals surface area contributed by atoms with Crippen LogP contribution in [0.15, 0.2) is 34.5 Å². The number of halogens is 1. The summed E-state index contributed by atoms with van der Waals surface area (Å²) in [5.74, 6) is 0. The molecule has 0 bridgehead atoms. The van der Waals surface area contributed by atoms with Gasteiger partial charge < -0.3 is 5.73 Å². The van der Waals surface area contributed by atoms with Crippen molar-refractivity contribution in [1.82, 2.24) is 4.31 Å². The second-order valence-corrected chi connectivity index (χ2v) is 8.53. The Morgan fingerprint density at radius 1 is 1.29 bits per heavy atom. The van der Waals surface area contributed by atoms with Crippen LogP contribution in [0, 0.1) is 0 Å². The predicted octanol–water partition coefficient (Wildman–Crippen LogP) is 3.37. The molecular formula is C14H17ClN2O2S2. The maximum Gasteiger partial charge on any atom is 0.252 e. The summed E-state index contributed by atoms with van der Waals surface area (Å²) in [7, 11) is -1.96. The van der Waals surface area contributed by atoms with Gasteiger partial charge in [0.25, 0.3) is 10.0 Å². The number of rotatable bonds is 5. The minimum Gasteiger partial charge on any atom is -0.399 e. The fraction of sp³-hybridized carbons (Fsp3) is 0.286. The van der Waals surface area contributed by atoms with Crippen molar-refractivity contribution < 1.29 is 8.42 Å². The van der Waals surface area contributed by atoms with Crippen LogP contribution in [0.2, 0.25) is 5.02 Å². The first kappa shape index (κ1) is 16.3. The van der Waals surface area contributed by atoms with Crippen molar-refractivity contribution in [2.24, 2.45) is 0 Å². The lowest BCUT2D eigenvalue weighted by molar-refractivity contribution is 0.468. The molecule has 7 heteroatoms. The Balaban J connectivity index is 2.26. The summed E-state index contributed by atoms with van der Waals surface area (Å²) in [5.41, 5.74) is 6.97. The molecule has 21 heavy (non-hydrogen) atoms. The first-order valence-corrected chi connectivity index (χ1v) is 9.07. The number of anilines is 1. The summed E-state index contributed by atoms with van der Waals surface area (Å²) in [6.45, 7) is 2.18. The molecule has 2 N–H and O–H groups in total. The Morgan fingerprint density at radius 2 is 2.00 bits per heavy atom. The number of sulfonamides is 1. The SMILES string of the molecule is CCc1ccc(S(=O)(=O)N(C)Cc2cc(N)ccc2Cl)s1. The maximum atomic E-state index is 12.5. The van der Waals surface area contributed by atoms with E-state index in [1.54, 1.807) is 31.3 Å². The molecule has 0 amide bonds. The van der Waals surface area contributed by atoms with Crippen molar-refractivity contribution >= 4 is 38.6 Å². The van der Waals surface area contributed by atoms with Crippen molar-refractivity contribution in [1.29, 1.82) is 0 Å². The van der Waals surface area contributed by atoms with Crippen molar-refractivity contribution in [3.05, 3.63) is 45.8 Å². The van der Waals surface area contributed by atoms with E-state index in [2.05, 4.69) is 0 Å². The molecule has 1 aromatic heterocycles. The second kappa shape index (κ2) is 6.36. The first-order chi connectivity index (χ1) is 9.84. The van der Waals surface area contributed by atoms with E-state index in [1.807, 2.05) is 13.0 Å². The molecule has 114 valence electrons. The summed E-state index contributed by atoms with van der Waals surface area (Å²) in [4.78, 5) is 1.05. The van der Waals surface area contributed by atoms with E-state index in [9.17, 15) is 8.42 Å². The van der Waals surface area contributed by atoms with Crippen LogP contribution in [0.5, 0.6) is 0 Å². The fourth-order valence-corrected chi connectivity index (χ4v) is 4.71. The Hall–Kier alpha value is -1.08. The number of hydrogen-bond acceptors (Lipinski definition) is 4. The lowest BCUT2D eigenvalue weighted by atomic mass is 10.2. The van der Waals surface area contributed by atoms with Crippen LogP contribution in [-0.2, 0) is 23.0 Å². The Kier molecular flexibility index (Phi) is 4.93. The van der Waals surface area contributed by atoms with E-state index >= 15 is 0 Å². The number of benzene rings is 1. The number of thiophene rings is 1. The van der Waals surface area contributed by atoms with Gasteiger partial charge in [-0.1, -0.05) is 18.5 Å². The van der Waals surface area contributed by atoms with Crippen LogP contribution in [0.3, 0.4) is 0 Å². The van der Waals surface area contributed by atoms with Gasteiger partial charge in [0.15, 0.2) is 0 Å². The van der Waals surface area contributed by atoms with E-state index in [0.29, 0.717) is 20.5 Å². The maximum absolute atomic E-state index is 12.5. The third-order valence-electron chi connectivity index (χ3n) is 3.11. The molecule has 0 spiro atoms. The number of aryl methyl sites for hydroxylation is 1. The van der Waals surface area contributed by atoms with E-state index < -0.39 is 10.0 Å². The zero-order valence-corrected chi connectivity index (χ0v) is 14.2. The molecule has 0 radical (unpaired) electrons. The number of nitrogen functional groups attached to an aromatic ring is 1. The highest BCUT2D eigenvalue weighted by Crippen LogP contribution is 2.27. The summed E-state index contributed by atoms with van der Waals surface area (Å²) in [5, 5.41) is 0.506. The van der Waals surface area contributed by atoms with E-state index in [4.69, 9.17) is 17.3 Å². The normalized spacial score (nSPS) is 12.0. The first-order valence-electron chi connectivity index (χ1n) is 6.43. The number of nitrogens with zero attached hydrogens (tertiary/aromatic N) is 1. The monoisotopic (exact) mass is 344 g/mol. The quantitative estimate of drug-likeness (QED) is 0.846. The van der Waals surface area contributed by atoms with E-state index in [1.165, 1.54) is 15.6 Å². The van der Waals surface area contributed by atoms with Gasteiger partial charge in [0, 0.05) is 29.2 Å². The molecule has 1 aromatic carbocycles. The summed E-state index contributed by atoms with van der Waals surface area (Å²) < 4.78 is 26.7. The number of nitrogens with two attached hydrogens (primary N) is 1. The van der Waals surface area contributed by atoms with Crippen molar-refractivity contribution in [2.75, 3.05) is 12.8 Å². The van der Waals surface area contributed by atoms with Crippen LogP contribution in [-0.4, -0.2) is 19.8 Å². The smallest absolute Gasteiger partial charge is 0.252 e. The van der Waals surface area contributed by atoms with Gasteiger partial charge in [-0.05, 0) is 42.3 Å². The molecule has 0 saturated carbocycles. The van der Waals surface area contributed by atoms with Crippen molar-refractivity contribution in [3.8, 4) is 0 Å². The third-order valence-corrected chi connectivity index (χ3v) is 6.98. The van der Waals surface area contributed by atoms with Crippen LogP contribution >= 0.6 is 22.9 Å². The van der Waals surface area contributed by atoms with Crippen molar-refractivity contribution in [3.63, 3.8) is 0 Å². The van der Waals surface area contributed by atoms with Gasteiger partial charge in [0.05, 0.1) is 0 Å². The zero-order chi connectivity index (χ0) is 15.6. The average molecular weight is 345 g/mol. The number of hydrogen-bond donors (Lipinski definition) is 1. The predicted molar refractivity (Wildman–Crippen MR) is 88.2 cm³/mol. The van der Waals surface area contributed by atoms with Crippen molar-refractivity contribution in [2.45, 2.75) is 24.1 Å². The van der Waals surface area contributed by atoms with E-state index in [-0.39, 0.29) is 6.54 Å². The fourth-order valence-electron chi connectivity index (χ4n) is 1.88. The Labute approximate surface area is 134 Å². The molecular weight excluding hydrogens is 328 g/mol. The molecule has 2 aromatic rings. The van der Waals surface area contributed by atoms with Gasteiger partial charge in [-0.15, -0.1) is 11.3 Å². The highest BCUT2D eigenvalue weighted by atomic mass is 35.5. The molecule has 4 nitrogen and oxygen atoms in total. The largest absolute Gasteiger partial charge is 0.399 e. The average Bonchev–Trinajstić information content (AvgIpc) is 2.92.